The van der Waals surface area contributed by atoms with Gasteiger partial charge in [-0.25, -0.2) is 4.39 Å². The maximum absolute atomic E-state index is 14.2. The van der Waals surface area contributed by atoms with Gasteiger partial charge in [0.15, 0.2) is 0 Å². The Bertz CT molecular complexity index is 713. The first-order valence-corrected chi connectivity index (χ1v) is 8.33. The predicted molar refractivity (Wildman–Crippen MR) is 97.2 cm³/mol. The van der Waals surface area contributed by atoms with Crippen molar-refractivity contribution in [3.05, 3.63) is 106 Å². The molecule has 0 saturated carbocycles. The molecule has 0 aliphatic heterocycles. The van der Waals surface area contributed by atoms with E-state index in [2.05, 4.69) is 29.2 Å². The van der Waals surface area contributed by atoms with Crippen LogP contribution in [-0.2, 0) is 19.6 Å². The quantitative estimate of drug-likeness (QED) is 0.558. The van der Waals surface area contributed by atoms with Crippen LogP contribution in [0.4, 0.5) is 4.39 Å². The fraction of sp³-hybridized carbons (Fsp3) is 0.143. The van der Waals surface area contributed by atoms with Gasteiger partial charge in [-0.3, -0.25) is 4.90 Å². The van der Waals surface area contributed by atoms with Crippen LogP contribution in [0.25, 0.3) is 0 Å². The molecule has 0 aromatic heterocycles. The summed E-state index contributed by atoms with van der Waals surface area (Å²) in [6.07, 6.45) is 0. The van der Waals surface area contributed by atoms with Crippen LogP contribution in [0.5, 0.6) is 0 Å². The molecular weight excluding hydrogens is 321 g/mol. The second kappa shape index (κ2) is 8.09. The third kappa shape index (κ3) is 4.44. The average molecular weight is 340 g/mol. The smallest absolute Gasteiger partial charge is 0.129 e. The van der Waals surface area contributed by atoms with Crippen molar-refractivity contribution in [3.63, 3.8) is 0 Å². The topological polar surface area (TPSA) is 3.24 Å². The van der Waals surface area contributed by atoms with Gasteiger partial charge in [-0.15, -0.1) is 0 Å². The lowest BCUT2D eigenvalue weighted by Gasteiger charge is -2.23. The Labute approximate surface area is 147 Å². The first-order valence-electron chi connectivity index (χ1n) is 7.95. The molecule has 122 valence electrons. The van der Waals surface area contributed by atoms with Gasteiger partial charge in [-0.1, -0.05) is 78.3 Å². The Kier molecular flexibility index (Phi) is 5.63. The van der Waals surface area contributed by atoms with E-state index >= 15 is 0 Å². The van der Waals surface area contributed by atoms with E-state index in [-0.39, 0.29) is 5.82 Å². The summed E-state index contributed by atoms with van der Waals surface area (Å²) in [6, 6.07) is 25.3. The number of halogens is 2. The fourth-order valence-corrected chi connectivity index (χ4v) is 2.98. The molecule has 0 aliphatic rings. The molecule has 0 saturated heterocycles. The van der Waals surface area contributed by atoms with Crippen LogP contribution in [0.1, 0.15) is 16.7 Å². The highest BCUT2D eigenvalue weighted by molar-refractivity contribution is 6.31. The summed E-state index contributed by atoms with van der Waals surface area (Å²) in [5.74, 6) is -0.256. The molecule has 1 nitrogen and oxygen atoms in total. The minimum atomic E-state index is -0.256. The molecule has 0 unspecified atom stereocenters. The molecule has 3 aromatic rings. The minimum absolute atomic E-state index is 0.256. The first kappa shape index (κ1) is 16.7. The van der Waals surface area contributed by atoms with E-state index < -0.39 is 0 Å². The van der Waals surface area contributed by atoms with Crippen LogP contribution in [0.3, 0.4) is 0 Å². The standard InChI is InChI=1S/C21H19ClFN/c22-20-12-7-13-21(23)19(20)16-24(14-17-8-3-1-4-9-17)15-18-10-5-2-6-11-18/h1-13H,14-16H2. The van der Waals surface area contributed by atoms with Crippen LogP contribution in [0, 0.1) is 5.82 Å². The van der Waals surface area contributed by atoms with Crippen LogP contribution in [0.15, 0.2) is 78.9 Å². The van der Waals surface area contributed by atoms with Crippen molar-refractivity contribution in [2.24, 2.45) is 0 Å². The van der Waals surface area contributed by atoms with Gasteiger partial charge in [-0.2, -0.15) is 0 Å². The molecule has 0 N–H and O–H groups in total. The summed E-state index contributed by atoms with van der Waals surface area (Å²) in [5.41, 5.74) is 2.94. The molecule has 0 fully saturated rings. The summed E-state index contributed by atoms with van der Waals surface area (Å²) in [4.78, 5) is 2.20. The number of hydrogen-bond acceptors (Lipinski definition) is 1. The maximum atomic E-state index is 14.2. The molecule has 0 aliphatic carbocycles. The van der Waals surface area contributed by atoms with Crippen molar-refractivity contribution in [1.29, 1.82) is 0 Å². The number of rotatable bonds is 6. The molecule has 0 bridgehead atoms. The highest BCUT2D eigenvalue weighted by atomic mass is 35.5. The van der Waals surface area contributed by atoms with E-state index in [9.17, 15) is 4.39 Å². The lowest BCUT2D eigenvalue weighted by atomic mass is 10.1. The molecule has 0 spiro atoms. The van der Waals surface area contributed by atoms with Gasteiger partial charge in [0.1, 0.15) is 5.82 Å². The van der Waals surface area contributed by atoms with Crippen molar-refractivity contribution in [2.45, 2.75) is 19.6 Å². The molecular formula is C21H19ClFN. The summed E-state index contributed by atoms with van der Waals surface area (Å²) in [5, 5.41) is 0.473. The first-order chi connectivity index (χ1) is 11.7. The third-order valence-electron chi connectivity index (χ3n) is 3.94. The predicted octanol–water partition coefficient (Wildman–Crippen LogP) is 5.68. The second-order valence-corrected chi connectivity index (χ2v) is 6.22. The molecule has 0 radical (unpaired) electrons. The van der Waals surface area contributed by atoms with Crippen LogP contribution < -0.4 is 0 Å². The Balaban J connectivity index is 1.84. The van der Waals surface area contributed by atoms with E-state index in [0.29, 0.717) is 17.1 Å². The Morgan fingerprint density at radius 1 is 0.667 bits per heavy atom. The van der Waals surface area contributed by atoms with E-state index in [1.165, 1.54) is 17.2 Å². The van der Waals surface area contributed by atoms with Crippen molar-refractivity contribution >= 4 is 11.6 Å². The van der Waals surface area contributed by atoms with E-state index in [1.54, 1.807) is 12.1 Å². The zero-order valence-electron chi connectivity index (χ0n) is 13.3. The maximum Gasteiger partial charge on any atom is 0.129 e. The monoisotopic (exact) mass is 339 g/mol. The summed E-state index contributed by atoms with van der Waals surface area (Å²) >= 11 is 6.21. The van der Waals surface area contributed by atoms with Crippen LogP contribution in [0.2, 0.25) is 5.02 Å². The van der Waals surface area contributed by atoms with E-state index in [0.717, 1.165) is 13.1 Å². The van der Waals surface area contributed by atoms with Crippen LogP contribution >= 0.6 is 11.6 Å². The lowest BCUT2D eigenvalue weighted by Crippen LogP contribution is -2.23. The lowest BCUT2D eigenvalue weighted by molar-refractivity contribution is 0.244. The molecule has 24 heavy (non-hydrogen) atoms. The number of nitrogens with zero attached hydrogens (tertiary/aromatic N) is 1. The van der Waals surface area contributed by atoms with E-state index in [4.69, 9.17) is 11.6 Å². The fourth-order valence-electron chi connectivity index (χ4n) is 2.76. The second-order valence-electron chi connectivity index (χ2n) is 5.82. The van der Waals surface area contributed by atoms with Crippen molar-refractivity contribution in [3.8, 4) is 0 Å². The van der Waals surface area contributed by atoms with Crippen molar-refractivity contribution in [1.82, 2.24) is 4.90 Å². The van der Waals surface area contributed by atoms with Gasteiger partial charge in [-0.05, 0) is 23.3 Å². The highest BCUT2D eigenvalue weighted by Gasteiger charge is 2.13. The number of benzene rings is 3. The normalized spacial score (nSPS) is 11.0. The summed E-state index contributed by atoms with van der Waals surface area (Å²) in [6.45, 7) is 1.94. The Hall–Kier alpha value is -2.16. The number of hydrogen-bond donors (Lipinski definition) is 0. The third-order valence-corrected chi connectivity index (χ3v) is 4.30. The average Bonchev–Trinajstić information content (AvgIpc) is 2.60. The molecule has 0 amide bonds. The van der Waals surface area contributed by atoms with Crippen molar-refractivity contribution < 1.29 is 4.39 Å². The highest BCUT2D eigenvalue weighted by Crippen LogP contribution is 2.22. The van der Waals surface area contributed by atoms with Crippen molar-refractivity contribution in [2.75, 3.05) is 0 Å². The molecule has 3 aromatic carbocycles. The van der Waals surface area contributed by atoms with Gasteiger partial charge in [0.2, 0.25) is 0 Å². The Morgan fingerprint density at radius 2 is 1.21 bits per heavy atom. The Morgan fingerprint density at radius 3 is 1.71 bits per heavy atom. The zero-order chi connectivity index (χ0) is 16.8. The van der Waals surface area contributed by atoms with Gasteiger partial charge >= 0.3 is 0 Å². The van der Waals surface area contributed by atoms with Gasteiger partial charge in [0, 0.05) is 30.2 Å². The molecule has 3 rings (SSSR count). The minimum Gasteiger partial charge on any atom is -0.290 e. The molecule has 3 heteroatoms. The summed E-state index contributed by atoms with van der Waals surface area (Å²) in [7, 11) is 0. The molecule has 0 heterocycles. The van der Waals surface area contributed by atoms with Gasteiger partial charge in [0.05, 0.1) is 0 Å². The van der Waals surface area contributed by atoms with Gasteiger partial charge in [0.25, 0.3) is 0 Å². The summed E-state index contributed by atoms with van der Waals surface area (Å²) < 4.78 is 14.2. The molecule has 0 atom stereocenters. The SMILES string of the molecule is Fc1cccc(Cl)c1CN(Cc1ccccc1)Cc1ccccc1. The van der Waals surface area contributed by atoms with E-state index in [1.807, 2.05) is 36.4 Å². The van der Waals surface area contributed by atoms with Gasteiger partial charge < -0.3 is 0 Å². The largest absolute Gasteiger partial charge is 0.290 e. The van der Waals surface area contributed by atoms with Crippen LogP contribution in [-0.4, -0.2) is 4.90 Å². The zero-order valence-corrected chi connectivity index (χ0v) is 14.1.